The highest BCUT2D eigenvalue weighted by Gasteiger charge is 2.23. The summed E-state index contributed by atoms with van der Waals surface area (Å²) in [5.74, 6) is -0.251. The van der Waals surface area contributed by atoms with E-state index in [1.54, 1.807) is 17.0 Å². The number of aryl methyl sites for hydroxylation is 2. The number of halogens is 1. The van der Waals surface area contributed by atoms with Gasteiger partial charge in [-0.1, -0.05) is 18.2 Å². The molecule has 2 aromatic carbocycles. The number of piperazine rings is 1. The molecule has 0 saturated carbocycles. The highest BCUT2D eigenvalue weighted by molar-refractivity contribution is 5.94. The molecule has 154 valence electrons. The van der Waals surface area contributed by atoms with E-state index in [0.29, 0.717) is 39.1 Å². The van der Waals surface area contributed by atoms with Crippen LogP contribution in [0.25, 0.3) is 0 Å². The van der Waals surface area contributed by atoms with Crippen LogP contribution in [0.2, 0.25) is 0 Å². The van der Waals surface area contributed by atoms with E-state index in [2.05, 4.69) is 4.90 Å². The second-order valence-electron chi connectivity index (χ2n) is 7.51. The number of benzene rings is 2. The molecule has 0 radical (unpaired) electrons. The third kappa shape index (κ3) is 4.94. The number of carbonyl (C=O) groups excluding carboxylic acids is 2. The highest BCUT2D eigenvalue weighted by Crippen LogP contribution is 2.25. The van der Waals surface area contributed by atoms with Gasteiger partial charge in [-0.2, -0.15) is 0 Å². The Morgan fingerprint density at radius 1 is 0.966 bits per heavy atom. The van der Waals surface area contributed by atoms with Crippen molar-refractivity contribution in [3.05, 3.63) is 59.4 Å². The van der Waals surface area contributed by atoms with Crippen molar-refractivity contribution in [3.63, 3.8) is 0 Å². The molecule has 2 aromatic rings. The zero-order chi connectivity index (χ0) is 21.0. The minimum atomic E-state index is -0.249. The van der Waals surface area contributed by atoms with E-state index in [9.17, 15) is 14.0 Å². The van der Waals surface area contributed by atoms with Gasteiger partial charge in [-0.05, 0) is 49.2 Å². The van der Waals surface area contributed by atoms with E-state index in [1.165, 1.54) is 19.1 Å². The maximum atomic E-state index is 13.1. The van der Waals surface area contributed by atoms with Crippen LogP contribution in [-0.4, -0.2) is 49.4 Å². The fourth-order valence-corrected chi connectivity index (χ4v) is 3.89. The third-order valence-electron chi connectivity index (χ3n) is 5.46. The second kappa shape index (κ2) is 9.07. The summed E-state index contributed by atoms with van der Waals surface area (Å²) in [5.41, 5.74) is 3.92. The first-order chi connectivity index (χ1) is 13.9. The van der Waals surface area contributed by atoms with E-state index in [1.807, 2.05) is 36.9 Å². The van der Waals surface area contributed by atoms with Crippen LogP contribution in [0.3, 0.4) is 0 Å². The molecule has 5 nitrogen and oxygen atoms in total. The van der Waals surface area contributed by atoms with Crippen molar-refractivity contribution >= 4 is 23.2 Å². The van der Waals surface area contributed by atoms with Gasteiger partial charge in [-0.3, -0.25) is 9.59 Å². The van der Waals surface area contributed by atoms with Crippen LogP contribution < -0.4 is 9.80 Å². The summed E-state index contributed by atoms with van der Waals surface area (Å²) >= 11 is 0. The first-order valence-electron chi connectivity index (χ1n) is 9.99. The van der Waals surface area contributed by atoms with Crippen molar-refractivity contribution in [3.8, 4) is 0 Å². The molecule has 1 fully saturated rings. The van der Waals surface area contributed by atoms with Gasteiger partial charge in [0, 0.05) is 57.4 Å². The lowest BCUT2D eigenvalue weighted by Gasteiger charge is -2.36. The van der Waals surface area contributed by atoms with Gasteiger partial charge < -0.3 is 14.7 Å². The highest BCUT2D eigenvalue weighted by atomic mass is 19.1. The minimum absolute atomic E-state index is 0.0567. The number of carbonyl (C=O) groups is 2. The van der Waals surface area contributed by atoms with E-state index in [0.717, 1.165) is 22.5 Å². The molecule has 0 bridgehead atoms. The van der Waals surface area contributed by atoms with Crippen LogP contribution in [-0.2, 0) is 9.59 Å². The van der Waals surface area contributed by atoms with E-state index < -0.39 is 0 Å². The van der Waals surface area contributed by atoms with Crippen LogP contribution in [0.4, 0.5) is 15.8 Å². The van der Waals surface area contributed by atoms with Crippen molar-refractivity contribution in [2.75, 3.05) is 42.5 Å². The first-order valence-corrected chi connectivity index (χ1v) is 9.99. The lowest BCUT2D eigenvalue weighted by molar-refractivity contribution is -0.131. The zero-order valence-electron chi connectivity index (χ0n) is 17.3. The lowest BCUT2D eigenvalue weighted by Crippen LogP contribution is -2.49. The fraction of sp³-hybridized carbons (Fsp3) is 0.391. The summed E-state index contributed by atoms with van der Waals surface area (Å²) in [6.45, 7) is 8.55. The van der Waals surface area contributed by atoms with Crippen molar-refractivity contribution in [1.82, 2.24) is 4.90 Å². The smallest absolute Gasteiger partial charge is 0.224 e. The predicted octanol–water partition coefficient (Wildman–Crippen LogP) is 3.53. The first kappa shape index (κ1) is 20.8. The maximum absolute atomic E-state index is 13.1. The van der Waals surface area contributed by atoms with Gasteiger partial charge in [0.1, 0.15) is 5.82 Å². The Morgan fingerprint density at radius 2 is 1.55 bits per heavy atom. The van der Waals surface area contributed by atoms with Crippen LogP contribution >= 0.6 is 0 Å². The molecule has 0 aliphatic carbocycles. The zero-order valence-corrected chi connectivity index (χ0v) is 17.3. The molecule has 0 N–H and O–H groups in total. The molecular formula is C23H28FN3O2. The van der Waals surface area contributed by atoms with Crippen molar-refractivity contribution < 1.29 is 14.0 Å². The minimum Gasteiger partial charge on any atom is -0.368 e. The molecular weight excluding hydrogens is 369 g/mol. The van der Waals surface area contributed by atoms with Gasteiger partial charge in [0.15, 0.2) is 0 Å². The van der Waals surface area contributed by atoms with Gasteiger partial charge in [-0.25, -0.2) is 4.39 Å². The molecule has 0 atom stereocenters. The van der Waals surface area contributed by atoms with Gasteiger partial charge >= 0.3 is 0 Å². The third-order valence-corrected chi connectivity index (χ3v) is 5.46. The number of hydrogen-bond donors (Lipinski definition) is 0. The quantitative estimate of drug-likeness (QED) is 0.775. The van der Waals surface area contributed by atoms with Crippen molar-refractivity contribution in [2.45, 2.75) is 27.2 Å². The van der Waals surface area contributed by atoms with Crippen LogP contribution in [0, 0.1) is 19.7 Å². The van der Waals surface area contributed by atoms with Crippen LogP contribution in [0.1, 0.15) is 24.5 Å². The van der Waals surface area contributed by atoms with Crippen LogP contribution in [0.15, 0.2) is 42.5 Å². The largest absolute Gasteiger partial charge is 0.368 e. The SMILES string of the molecule is CC(=O)N(CCC(=O)N1CCN(c2ccc(F)cc2)CC1)c1c(C)cccc1C. The average molecular weight is 397 g/mol. The lowest BCUT2D eigenvalue weighted by atomic mass is 10.1. The molecule has 0 aromatic heterocycles. The Labute approximate surface area is 171 Å². The van der Waals surface area contributed by atoms with Gasteiger partial charge in [-0.15, -0.1) is 0 Å². The molecule has 6 heteroatoms. The molecule has 1 heterocycles. The van der Waals surface area contributed by atoms with Gasteiger partial charge in [0.05, 0.1) is 0 Å². The molecule has 2 amide bonds. The number of amides is 2. The topological polar surface area (TPSA) is 43.9 Å². The van der Waals surface area contributed by atoms with Gasteiger partial charge in [0.25, 0.3) is 0 Å². The standard InChI is InChI=1S/C23H28FN3O2/c1-17-5-4-6-18(2)23(17)27(19(3)28)12-11-22(29)26-15-13-25(14-16-26)21-9-7-20(24)8-10-21/h4-10H,11-16H2,1-3H3. The second-order valence-corrected chi connectivity index (χ2v) is 7.51. The molecule has 3 rings (SSSR count). The fourth-order valence-electron chi connectivity index (χ4n) is 3.89. The summed E-state index contributed by atoms with van der Waals surface area (Å²) in [4.78, 5) is 30.7. The number of rotatable bonds is 5. The van der Waals surface area contributed by atoms with Crippen molar-refractivity contribution in [1.29, 1.82) is 0 Å². The van der Waals surface area contributed by atoms with E-state index in [4.69, 9.17) is 0 Å². The summed E-state index contributed by atoms with van der Waals surface area (Å²) in [6.07, 6.45) is 0.296. The molecule has 1 saturated heterocycles. The normalized spacial score (nSPS) is 14.1. The number of nitrogens with zero attached hydrogens (tertiary/aromatic N) is 3. The molecule has 0 spiro atoms. The number of anilines is 2. The predicted molar refractivity (Wildman–Crippen MR) is 114 cm³/mol. The summed E-state index contributed by atoms with van der Waals surface area (Å²) in [6, 6.07) is 12.4. The Morgan fingerprint density at radius 3 is 2.10 bits per heavy atom. The Hall–Kier alpha value is -2.89. The molecule has 0 unspecified atom stereocenters. The number of hydrogen-bond acceptors (Lipinski definition) is 3. The Balaban J connectivity index is 1.57. The number of para-hydroxylation sites is 1. The summed E-state index contributed by atoms with van der Waals surface area (Å²) < 4.78 is 13.1. The average Bonchev–Trinajstić information content (AvgIpc) is 2.70. The van der Waals surface area contributed by atoms with Gasteiger partial charge in [0.2, 0.25) is 11.8 Å². The monoisotopic (exact) mass is 397 g/mol. The molecule has 1 aliphatic heterocycles. The van der Waals surface area contributed by atoms with E-state index in [-0.39, 0.29) is 17.6 Å². The summed E-state index contributed by atoms with van der Waals surface area (Å²) in [7, 11) is 0. The molecule has 1 aliphatic rings. The van der Waals surface area contributed by atoms with Crippen LogP contribution in [0.5, 0.6) is 0 Å². The maximum Gasteiger partial charge on any atom is 0.224 e. The Kier molecular flexibility index (Phi) is 6.52. The summed E-state index contributed by atoms with van der Waals surface area (Å²) in [5, 5.41) is 0. The Bertz CT molecular complexity index is 854. The van der Waals surface area contributed by atoms with Crippen molar-refractivity contribution in [2.24, 2.45) is 0 Å². The van der Waals surface area contributed by atoms with E-state index >= 15 is 0 Å². The molecule has 29 heavy (non-hydrogen) atoms.